The van der Waals surface area contributed by atoms with Crippen molar-refractivity contribution in [2.45, 2.75) is 39.7 Å². The van der Waals surface area contributed by atoms with Crippen molar-refractivity contribution >= 4 is 5.57 Å². The lowest BCUT2D eigenvalue weighted by Gasteiger charge is -2.13. The maximum atomic E-state index is 9.84. The van der Waals surface area contributed by atoms with Gasteiger partial charge in [0.25, 0.3) is 0 Å². The molecule has 0 aliphatic carbocycles. The van der Waals surface area contributed by atoms with Gasteiger partial charge in [0, 0.05) is 6.54 Å². The van der Waals surface area contributed by atoms with Crippen molar-refractivity contribution in [3.63, 3.8) is 0 Å². The van der Waals surface area contributed by atoms with Crippen molar-refractivity contribution in [2.75, 3.05) is 13.3 Å². The van der Waals surface area contributed by atoms with E-state index in [4.69, 9.17) is 9.47 Å². The summed E-state index contributed by atoms with van der Waals surface area (Å²) in [5, 5.41) is 13.3. The zero-order valence-corrected chi connectivity index (χ0v) is 15.5. The summed E-state index contributed by atoms with van der Waals surface area (Å²) in [5.41, 5.74) is 4.81. The first-order valence-corrected chi connectivity index (χ1v) is 9.25. The Kier molecular flexibility index (Phi) is 6.18. The van der Waals surface area contributed by atoms with Crippen LogP contribution in [0, 0.1) is 6.92 Å². The molecule has 0 aromatic heterocycles. The van der Waals surface area contributed by atoms with Gasteiger partial charge in [0.2, 0.25) is 6.79 Å². The van der Waals surface area contributed by atoms with Crippen molar-refractivity contribution in [3.8, 4) is 17.2 Å². The molecule has 1 heterocycles. The van der Waals surface area contributed by atoms with Crippen molar-refractivity contribution in [1.82, 2.24) is 5.32 Å². The average molecular weight is 353 g/mol. The molecule has 0 amide bonds. The maximum absolute atomic E-state index is 9.84. The van der Waals surface area contributed by atoms with E-state index in [0.717, 1.165) is 49.4 Å². The Bertz CT molecular complexity index is 783. The molecule has 0 unspecified atom stereocenters. The lowest BCUT2D eigenvalue weighted by Crippen LogP contribution is -2.15. The van der Waals surface area contributed by atoms with Crippen molar-refractivity contribution in [2.24, 2.45) is 0 Å². The van der Waals surface area contributed by atoms with Gasteiger partial charge in [-0.2, -0.15) is 0 Å². The van der Waals surface area contributed by atoms with Crippen molar-refractivity contribution in [1.29, 1.82) is 0 Å². The van der Waals surface area contributed by atoms with Gasteiger partial charge in [0.05, 0.1) is 0 Å². The van der Waals surface area contributed by atoms with Gasteiger partial charge in [-0.05, 0) is 72.8 Å². The third kappa shape index (κ3) is 4.58. The largest absolute Gasteiger partial charge is 0.508 e. The second-order valence-corrected chi connectivity index (χ2v) is 6.63. The van der Waals surface area contributed by atoms with E-state index in [1.54, 1.807) is 6.07 Å². The van der Waals surface area contributed by atoms with E-state index in [-0.39, 0.29) is 0 Å². The fraction of sp³-hybridized carbons (Fsp3) is 0.364. The molecule has 0 atom stereocenters. The minimum absolute atomic E-state index is 0.307. The van der Waals surface area contributed by atoms with E-state index in [1.165, 1.54) is 16.7 Å². The van der Waals surface area contributed by atoms with Gasteiger partial charge in [-0.1, -0.05) is 31.6 Å². The molecular weight excluding hydrogens is 326 g/mol. The van der Waals surface area contributed by atoms with E-state index < -0.39 is 0 Å². The standard InChI is InChI=1S/C22H27NO3/c1-3-4-5-18(20-13-19(24)8-6-16(20)2)10-11-23-14-17-7-9-21-22(12-17)26-15-25-21/h5-9,12-13,23-24H,3-4,10-11,14-15H2,1-2H3/b18-5-. The zero-order valence-electron chi connectivity index (χ0n) is 15.5. The number of allylic oxidation sites excluding steroid dienone is 1. The van der Waals surface area contributed by atoms with Crippen molar-refractivity contribution in [3.05, 3.63) is 59.2 Å². The van der Waals surface area contributed by atoms with Crippen LogP contribution in [0.4, 0.5) is 0 Å². The van der Waals surface area contributed by atoms with Gasteiger partial charge in [0.15, 0.2) is 11.5 Å². The molecule has 1 aliphatic heterocycles. The highest BCUT2D eigenvalue weighted by molar-refractivity contribution is 5.69. The Morgan fingerprint density at radius 2 is 2.00 bits per heavy atom. The molecule has 3 rings (SSSR count). The third-order valence-corrected chi connectivity index (χ3v) is 4.58. The highest BCUT2D eigenvalue weighted by atomic mass is 16.7. The number of fused-ring (bicyclic) bond motifs is 1. The quantitative estimate of drug-likeness (QED) is 0.670. The SMILES string of the molecule is CCC/C=C(/CCNCc1ccc2c(c1)OCO2)c1cc(O)ccc1C. The maximum Gasteiger partial charge on any atom is 0.231 e. The number of ether oxygens (including phenoxy) is 2. The number of hydrogen-bond donors (Lipinski definition) is 2. The Hall–Kier alpha value is -2.46. The van der Waals surface area contributed by atoms with Crippen LogP contribution in [0.5, 0.6) is 17.2 Å². The molecule has 0 fully saturated rings. The number of hydrogen-bond acceptors (Lipinski definition) is 4. The fourth-order valence-corrected chi connectivity index (χ4v) is 3.13. The normalized spacial score (nSPS) is 13.2. The topological polar surface area (TPSA) is 50.7 Å². The lowest BCUT2D eigenvalue weighted by molar-refractivity contribution is 0.174. The number of aromatic hydroxyl groups is 1. The molecule has 4 heteroatoms. The number of phenolic OH excluding ortho intramolecular Hbond substituents is 1. The number of aryl methyl sites for hydroxylation is 1. The summed E-state index contributed by atoms with van der Waals surface area (Å²) < 4.78 is 10.8. The predicted molar refractivity (Wildman–Crippen MR) is 105 cm³/mol. The summed E-state index contributed by atoms with van der Waals surface area (Å²) in [6.45, 7) is 6.24. The predicted octanol–water partition coefficient (Wildman–Crippen LogP) is 4.79. The van der Waals surface area contributed by atoms with Gasteiger partial charge in [-0.15, -0.1) is 0 Å². The number of benzene rings is 2. The van der Waals surface area contributed by atoms with Crippen LogP contribution in [-0.2, 0) is 6.54 Å². The Labute approximate surface area is 155 Å². The first-order chi connectivity index (χ1) is 12.7. The lowest BCUT2D eigenvalue weighted by atomic mass is 9.96. The summed E-state index contributed by atoms with van der Waals surface area (Å²) in [6.07, 6.45) is 5.39. The fourth-order valence-electron chi connectivity index (χ4n) is 3.13. The molecule has 26 heavy (non-hydrogen) atoms. The average Bonchev–Trinajstić information content (AvgIpc) is 3.11. The molecule has 2 aromatic carbocycles. The highest BCUT2D eigenvalue weighted by Crippen LogP contribution is 2.32. The van der Waals surface area contributed by atoms with Gasteiger partial charge < -0.3 is 19.9 Å². The first-order valence-electron chi connectivity index (χ1n) is 9.25. The molecular formula is C22H27NO3. The molecule has 4 nitrogen and oxygen atoms in total. The van der Waals surface area contributed by atoms with E-state index in [0.29, 0.717) is 12.5 Å². The number of rotatable bonds is 8. The van der Waals surface area contributed by atoms with E-state index in [2.05, 4.69) is 31.3 Å². The van der Waals surface area contributed by atoms with E-state index in [9.17, 15) is 5.11 Å². The Morgan fingerprint density at radius 3 is 2.85 bits per heavy atom. The van der Waals surface area contributed by atoms with Crippen LogP contribution in [0.25, 0.3) is 5.57 Å². The minimum atomic E-state index is 0.307. The van der Waals surface area contributed by atoms with Gasteiger partial charge in [0.1, 0.15) is 5.75 Å². The van der Waals surface area contributed by atoms with Crippen LogP contribution < -0.4 is 14.8 Å². The van der Waals surface area contributed by atoms with Crippen LogP contribution in [-0.4, -0.2) is 18.4 Å². The molecule has 138 valence electrons. The van der Waals surface area contributed by atoms with Gasteiger partial charge in [-0.25, -0.2) is 0 Å². The molecule has 0 spiro atoms. The second-order valence-electron chi connectivity index (χ2n) is 6.63. The summed E-state index contributed by atoms with van der Waals surface area (Å²) in [7, 11) is 0. The van der Waals surface area contributed by atoms with E-state index in [1.807, 2.05) is 24.3 Å². The Morgan fingerprint density at radius 1 is 1.15 bits per heavy atom. The smallest absolute Gasteiger partial charge is 0.231 e. The van der Waals surface area contributed by atoms with Crippen molar-refractivity contribution < 1.29 is 14.6 Å². The zero-order chi connectivity index (χ0) is 18.4. The molecule has 0 saturated carbocycles. The molecule has 2 aromatic rings. The second kappa shape index (κ2) is 8.77. The van der Waals surface area contributed by atoms with Crippen LogP contribution >= 0.6 is 0 Å². The van der Waals surface area contributed by atoms with Crippen LogP contribution in [0.3, 0.4) is 0 Å². The summed E-state index contributed by atoms with van der Waals surface area (Å²) in [4.78, 5) is 0. The highest BCUT2D eigenvalue weighted by Gasteiger charge is 2.13. The number of phenols is 1. The number of nitrogens with one attached hydrogen (secondary N) is 1. The first kappa shape index (κ1) is 18.3. The molecule has 0 radical (unpaired) electrons. The molecule has 0 bridgehead atoms. The molecule has 1 aliphatic rings. The van der Waals surface area contributed by atoms with Gasteiger partial charge in [-0.3, -0.25) is 0 Å². The minimum Gasteiger partial charge on any atom is -0.508 e. The third-order valence-electron chi connectivity index (χ3n) is 4.58. The van der Waals surface area contributed by atoms with Crippen LogP contribution in [0.1, 0.15) is 42.9 Å². The van der Waals surface area contributed by atoms with E-state index >= 15 is 0 Å². The summed E-state index contributed by atoms with van der Waals surface area (Å²) in [6, 6.07) is 11.6. The molecule has 2 N–H and O–H groups in total. The van der Waals surface area contributed by atoms with Crippen LogP contribution in [0.2, 0.25) is 0 Å². The summed E-state index contributed by atoms with van der Waals surface area (Å²) in [5.74, 6) is 1.96. The summed E-state index contributed by atoms with van der Waals surface area (Å²) >= 11 is 0. The Balaban J connectivity index is 1.59. The van der Waals surface area contributed by atoms with Crippen LogP contribution in [0.15, 0.2) is 42.5 Å². The molecule has 0 saturated heterocycles. The number of unbranched alkanes of at least 4 members (excludes halogenated alkanes) is 1. The monoisotopic (exact) mass is 353 g/mol. The van der Waals surface area contributed by atoms with Gasteiger partial charge >= 0.3 is 0 Å².